The van der Waals surface area contributed by atoms with Gasteiger partial charge in [0.2, 0.25) is 0 Å². The van der Waals surface area contributed by atoms with Crippen LogP contribution in [0.1, 0.15) is 150 Å². The van der Waals surface area contributed by atoms with Crippen molar-refractivity contribution in [3.8, 4) is 17.4 Å². The van der Waals surface area contributed by atoms with Crippen LogP contribution in [-0.4, -0.2) is 26.1 Å². The molecule has 5 aliphatic rings. The Labute approximate surface area is 349 Å². The molecule has 0 nitrogen and oxygen atoms in total. The molecule has 0 radical (unpaired) electrons. The van der Waals surface area contributed by atoms with Gasteiger partial charge < -0.3 is 12.3 Å². The summed E-state index contributed by atoms with van der Waals surface area (Å²) in [6, 6.07) is 5.71. The van der Waals surface area contributed by atoms with E-state index < -0.39 is 15.5 Å². The van der Waals surface area contributed by atoms with Crippen LogP contribution in [0, 0.1) is 77.1 Å². The molecule has 284 valence electrons. The van der Waals surface area contributed by atoms with Gasteiger partial charge in [-0.25, -0.2) is 0 Å². The Morgan fingerprint density at radius 1 is 0.600 bits per heavy atom. The predicted octanol–water partition coefficient (Wildman–Crippen LogP) is 12.5. The van der Waals surface area contributed by atoms with Gasteiger partial charge in [0.15, 0.2) is 7.38 Å². The standard InChI is InChI=1S/C16H28Si.C13H25ClSi.C12H22Br2.C3H3.Li/c1-4-11-17(3)12-9-16(10-13-17)15-7-5-14(2)6-8-15;1-11-3-5-12(6-4-11)13-7-9-15(2,14)10-8-13;1-10-2-4-11(5-3-10)12(6-8-13)7-9-14;1-3-2;/h14-16H,5-10,12-13H2,1-3H3;11-13H,3-10H2,1-2H3;10-12H,2-9H2,1H3;1H3;/q;;;-1;+1. The zero-order valence-corrected chi connectivity index (χ0v) is 40.2. The molecule has 0 N–H and O–H groups in total. The van der Waals surface area contributed by atoms with Crippen molar-refractivity contribution >= 4 is 58.4 Å². The van der Waals surface area contributed by atoms with Gasteiger partial charge in [-0.2, -0.15) is 11.1 Å². The minimum Gasteiger partial charge on any atom is -0.694 e. The number of hydrogen-bond donors (Lipinski definition) is 0. The molecule has 0 aromatic rings. The maximum Gasteiger partial charge on any atom is 1.00 e. The first-order valence-electron chi connectivity index (χ1n) is 21.0. The molecule has 2 saturated heterocycles. The summed E-state index contributed by atoms with van der Waals surface area (Å²) in [7, 11) is -2.35. The van der Waals surface area contributed by atoms with Gasteiger partial charge in [-0.3, -0.25) is 0 Å². The van der Waals surface area contributed by atoms with Crippen LogP contribution in [-0.2, 0) is 0 Å². The van der Waals surface area contributed by atoms with Crippen LogP contribution < -0.4 is 18.9 Å². The fourth-order valence-electron chi connectivity index (χ4n) is 10.1. The molecule has 2 heterocycles. The third kappa shape index (κ3) is 19.3. The third-order valence-electron chi connectivity index (χ3n) is 13.8. The molecule has 6 heteroatoms. The van der Waals surface area contributed by atoms with Gasteiger partial charge in [0.1, 0.15) is 8.07 Å². The van der Waals surface area contributed by atoms with Crippen LogP contribution in [0.5, 0.6) is 0 Å². The van der Waals surface area contributed by atoms with E-state index in [1.54, 1.807) is 6.92 Å². The van der Waals surface area contributed by atoms with Gasteiger partial charge in [-0.15, -0.1) is 11.5 Å². The minimum absolute atomic E-state index is 0. The summed E-state index contributed by atoms with van der Waals surface area (Å²) in [4.78, 5) is 0. The topological polar surface area (TPSA) is 0 Å². The molecule has 0 aromatic heterocycles. The first kappa shape index (κ1) is 49.4. The van der Waals surface area contributed by atoms with Crippen molar-refractivity contribution < 1.29 is 18.9 Å². The average Bonchev–Trinajstić information content (AvgIpc) is 3.07. The fourth-order valence-corrected chi connectivity index (χ4v) is 17.2. The Kier molecular flexibility index (Phi) is 26.8. The van der Waals surface area contributed by atoms with E-state index in [1.165, 1.54) is 150 Å². The summed E-state index contributed by atoms with van der Waals surface area (Å²) in [5, 5.41) is 2.35. The average molecular weight is 865 g/mol. The van der Waals surface area contributed by atoms with Crippen LogP contribution in [0.2, 0.25) is 37.3 Å². The second kappa shape index (κ2) is 27.1. The first-order valence-corrected chi connectivity index (χ1v) is 30.1. The molecule has 5 fully saturated rings. The van der Waals surface area contributed by atoms with E-state index in [1.807, 2.05) is 12.8 Å². The molecule has 50 heavy (non-hydrogen) atoms. The molecule has 2 aliphatic heterocycles. The number of halogens is 3. The normalized spacial score (nSPS) is 36.9. The van der Waals surface area contributed by atoms with Crippen molar-refractivity contribution in [2.24, 2.45) is 53.3 Å². The van der Waals surface area contributed by atoms with Gasteiger partial charge in [0, 0.05) is 10.7 Å². The number of hydrogen-bond acceptors (Lipinski definition) is 0. The molecule has 3 saturated carbocycles. The summed E-state index contributed by atoms with van der Waals surface area (Å²) in [5.74, 6) is 14.4. The summed E-state index contributed by atoms with van der Waals surface area (Å²) >= 11 is 13.7. The molecule has 0 aromatic carbocycles. The SMILES string of the molecule is CC#C[Si]1(C)CCC(C2CCC(C)CC2)CC1.CC1CCC(C(CCBr)CCBr)CC1.CC1CCC(C2CC[Si](C)(Cl)CC2)CC1.[C-]#CC.[Li+]. The number of alkyl halides is 2. The Balaban J connectivity index is 0.000000359. The third-order valence-corrected chi connectivity index (χ3v) is 22.1. The predicted molar refractivity (Wildman–Crippen MR) is 234 cm³/mol. The second-order valence-electron chi connectivity index (χ2n) is 18.0. The summed E-state index contributed by atoms with van der Waals surface area (Å²) in [5.41, 5.74) is 3.58. The molecule has 3 aliphatic carbocycles. The van der Waals surface area contributed by atoms with Crippen molar-refractivity contribution in [3.05, 3.63) is 6.42 Å². The smallest absolute Gasteiger partial charge is 0.694 e. The van der Waals surface area contributed by atoms with Gasteiger partial charge in [0.25, 0.3) is 0 Å². The van der Waals surface area contributed by atoms with Crippen molar-refractivity contribution in [1.29, 1.82) is 0 Å². The van der Waals surface area contributed by atoms with Crippen molar-refractivity contribution in [1.82, 2.24) is 0 Å². The van der Waals surface area contributed by atoms with E-state index in [-0.39, 0.29) is 18.9 Å². The Hall–Kier alpha value is 1.40. The van der Waals surface area contributed by atoms with Crippen LogP contribution in [0.4, 0.5) is 0 Å². The molecule has 0 unspecified atom stereocenters. The monoisotopic (exact) mass is 862 g/mol. The molecule has 5 rings (SSSR count). The van der Waals surface area contributed by atoms with E-state index in [0.717, 1.165) is 53.3 Å². The van der Waals surface area contributed by atoms with Gasteiger partial charge in [-0.05, 0) is 143 Å². The summed E-state index contributed by atoms with van der Waals surface area (Å²) < 4.78 is 0. The Bertz CT molecular complexity index is 941. The maximum atomic E-state index is 6.54. The Morgan fingerprint density at radius 3 is 1.26 bits per heavy atom. The van der Waals surface area contributed by atoms with Crippen molar-refractivity contribution in [2.75, 3.05) is 10.7 Å². The minimum atomic E-state index is -1.24. The largest absolute Gasteiger partial charge is 1.00 e. The zero-order valence-electron chi connectivity index (χ0n) is 34.3. The quantitative estimate of drug-likeness (QED) is 0.0786. The van der Waals surface area contributed by atoms with Gasteiger partial charge in [0.05, 0.1) is 0 Å². The van der Waals surface area contributed by atoms with Crippen LogP contribution >= 0.6 is 42.9 Å². The van der Waals surface area contributed by atoms with Crippen molar-refractivity contribution in [2.45, 2.75) is 187 Å². The Morgan fingerprint density at radius 2 is 0.920 bits per heavy atom. The molecule has 0 amide bonds. The van der Waals surface area contributed by atoms with Gasteiger partial charge in [-0.1, -0.05) is 130 Å². The molecule has 0 atom stereocenters. The first-order chi connectivity index (χ1) is 23.4. The van der Waals surface area contributed by atoms with E-state index in [4.69, 9.17) is 17.5 Å². The zero-order chi connectivity index (χ0) is 36.3. The van der Waals surface area contributed by atoms with Crippen LogP contribution in [0.3, 0.4) is 0 Å². The second-order valence-corrected chi connectivity index (χ2v) is 30.6. The fraction of sp³-hybridized carbons (Fsp3) is 0.909. The molecular weight excluding hydrogens is 787 g/mol. The van der Waals surface area contributed by atoms with Crippen LogP contribution in [0.25, 0.3) is 0 Å². The molecular formula is C44H78Br2ClLiSi2. The summed E-state index contributed by atoms with van der Waals surface area (Å²) in [6.45, 7) is 15.7. The summed E-state index contributed by atoms with van der Waals surface area (Å²) in [6.07, 6.45) is 32.5. The van der Waals surface area contributed by atoms with Gasteiger partial charge >= 0.3 is 18.9 Å². The maximum absolute atomic E-state index is 6.54. The van der Waals surface area contributed by atoms with E-state index >= 15 is 0 Å². The van der Waals surface area contributed by atoms with E-state index in [2.05, 4.69) is 77.2 Å². The van der Waals surface area contributed by atoms with E-state index in [0.29, 0.717) is 0 Å². The van der Waals surface area contributed by atoms with Crippen LogP contribution in [0.15, 0.2) is 0 Å². The number of rotatable bonds is 7. The molecule has 0 bridgehead atoms. The van der Waals surface area contributed by atoms with Crippen molar-refractivity contribution in [3.63, 3.8) is 0 Å². The molecule has 0 spiro atoms. The van der Waals surface area contributed by atoms with E-state index in [9.17, 15) is 0 Å².